The van der Waals surface area contributed by atoms with Crippen LogP contribution in [-0.4, -0.2) is 71.8 Å². The molecule has 2 heterocycles. The van der Waals surface area contributed by atoms with Crippen molar-refractivity contribution in [2.75, 3.05) is 32.8 Å². The van der Waals surface area contributed by atoms with Gasteiger partial charge in [0.25, 0.3) is 0 Å². The van der Waals surface area contributed by atoms with Crippen LogP contribution in [0.1, 0.15) is 18.5 Å². The van der Waals surface area contributed by atoms with Gasteiger partial charge in [0.2, 0.25) is 15.9 Å². The van der Waals surface area contributed by atoms with E-state index in [4.69, 9.17) is 4.74 Å². The molecule has 0 radical (unpaired) electrons. The molecular weight excluding hydrogens is 466 g/mol. The van der Waals surface area contributed by atoms with Crippen LogP contribution in [0, 0.1) is 0 Å². The normalized spacial score (nSPS) is 15.4. The molecule has 1 fully saturated rings. The van der Waals surface area contributed by atoms with E-state index in [1.807, 2.05) is 0 Å². The fraction of sp³-hybridized carbons (Fsp3) is 0.333. The van der Waals surface area contributed by atoms with Gasteiger partial charge in [-0.3, -0.25) is 4.79 Å². The number of aromatic nitrogens is 2. The van der Waals surface area contributed by atoms with Gasteiger partial charge >= 0.3 is 6.09 Å². The third kappa shape index (κ3) is 4.97. The summed E-state index contributed by atoms with van der Waals surface area (Å²) in [5.74, 6) is -0.392. The molecule has 12 heteroatoms. The number of hydrogen-bond donors (Lipinski definition) is 1. The minimum absolute atomic E-state index is 0.0328. The Morgan fingerprint density at radius 2 is 1.73 bits per heavy atom. The zero-order valence-electron chi connectivity index (χ0n) is 17.9. The number of nitrogens with one attached hydrogen (secondary N) is 1. The topological polar surface area (TPSA) is 122 Å². The second kappa shape index (κ2) is 9.81. The molecule has 1 N–H and O–H groups in total. The lowest BCUT2D eigenvalue weighted by molar-refractivity contribution is -0.134. The van der Waals surface area contributed by atoms with Crippen LogP contribution >= 0.6 is 11.7 Å². The van der Waals surface area contributed by atoms with Gasteiger partial charge < -0.3 is 14.5 Å². The zero-order valence-corrected chi connectivity index (χ0v) is 19.5. The summed E-state index contributed by atoms with van der Waals surface area (Å²) in [5.41, 5.74) is 1.25. The first kappa shape index (κ1) is 23.1. The van der Waals surface area contributed by atoms with Gasteiger partial charge in [0, 0.05) is 26.2 Å². The second-order valence-electron chi connectivity index (χ2n) is 7.36. The van der Waals surface area contributed by atoms with E-state index in [1.165, 1.54) is 11.0 Å². The van der Waals surface area contributed by atoms with Crippen LogP contribution < -0.4 is 4.72 Å². The first-order chi connectivity index (χ1) is 15.9. The lowest BCUT2D eigenvalue weighted by Gasteiger charge is -2.36. The molecule has 0 aliphatic carbocycles. The summed E-state index contributed by atoms with van der Waals surface area (Å²) in [5, 5.41) is 0. The Morgan fingerprint density at radius 1 is 1.03 bits per heavy atom. The fourth-order valence-corrected chi connectivity index (χ4v) is 5.57. The first-order valence-electron chi connectivity index (χ1n) is 10.4. The van der Waals surface area contributed by atoms with E-state index < -0.39 is 28.1 Å². The van der Waals surface area contributed by atoms with Crippen molar-refractivity contribution in [1.29, 1.82) is 0 Å². The van der Waals surface area contributed by atoms with E-state index in [-0.39, 0.29) is 30.1 Å². The predicted octanol–water partition coefficient (Wildman–Crippen LogP) is 2.01. The SMILES string of the molecule is CCOC(=O)N1CCN(C(=O)[C@@H](NS(=O)(=O)c2cccc3nsnc23)c2ccccc2)CC1. The van der Waals surface area contributed by atoms with E-state index >= 15 is 0 Å². The lowest BCUT2D eigenvalue weighted by atomic mass is 10.1. The Morgan fingerprint density at radius 3 is 2.42 bits per heavy atom. The van der Waals surface area contributed by atoms with Crippen molar-refractivity contribution in [3.63, 3.8) is 0 Å². The van der Waals surface area contributed by atoms with Gasteiger partial charge in [0.05, 0.1) is 18.3 Å². The predicted molar refractivity (Wildman–Crippen MR) is 122 cm³/mol. The number of rotatable bonds is 6. The molecular formula is C21H23N5O5S2. The Hall–Kier alpha value is -3.09. The molecule has 1 aromatic heterocycles. The van der Waals surface area contributed by atoms with Crippen molar-refractivity contribution in [2.24, 2.45) is 0 Å². The molecule has 0 bridgehead atoms. The van der Waals surface area contributed by atoms with Gasteiger partial charge in [0.15, 0.2) is 0 Å². The Kier molecular flexibility index (Phi) is 6.86. The van der Waals surface area contributed by atoms with Crippen LogP contribution in [-0.2, 0) is 19.6 Å². The van der Waals surface area contributed by atoms with Crippen molar-refractivity contribution in [3.05, 3.63) is 54.1 Å². The van der Waals surface area contributed by atoms with Crippen molar-refractivity contribution in [3.8, 4) is 0 Å². The number of benzene rings is 2. The summed E-state index contributed by atoms with van der Waals surface area (Å²) in [6, 6.07) is 12.3. The van der Waals surface area contributed by atoms with Crippen molar-refractivity contribution >= 4 is 44.8 Å². The summed E-state index contributed by atoms with van der Waals surface area (Å²) in [6.45, 7) is 3.17. The lowest BCUT2D eigenvalue weighted by Crippen LogP contribution is -2.53. The van der Waals surface area contributed by atoms with Gasteiger partial charge in [0.1, 0.15) is 22.0 Å². The van der Waals surface area contributed by atoms with Crippen LogP contribution in [0.2, 0.25) is 0 Å². The standard InChI is InChI=1S/C21H23N5O5S2/c1-2-31-21(28)26-13-11-25(12-14-26)20(27)18(15-7-4-3-5-8-15)24-33(29,30)17-10-6-9-16-19(17)23-32-22-16/h3-10,18,24H,2,11-14H2,1H3/t18-/m0/s1. The summed E-state index contributed by atoms with van der Waals surface area (Å²) in [4.78, 5) is 28.5. The number of sulfonamides is 1. The molecule has 2 aromatic carbocycles. The van der Waals surface area contributed by atoms with Crippen molar-refractivity contribution in [2.45, 2.75) is 17.9 Å². The zero-order chi connectivity index (χ0) is 23.4. The smallest absolute Gasteiger partial charge is 0.409 e. The summed E-state index contributed by atoms with van der Waals surface area (Å²) >= 11 is 0.924. The van der Waals surface area contributed by atoms with Gasteiger partial charge in [-0.25, -0.2) is 13.2 Å². The molecule has 1 saturated heterocycles. The Balaban J connectivity index is 1.58. The third-order valence-electron chi connectivity index (χ3n) is 5.31. The number of carbonyl (C=O) groups excluding carboxylic acids is 2. The van der Waals surface area contributed by atoms with Crippen LogP contribution in [0.4, 0.5) is 4.79 Å². The molecule has 1 aliphatic heterocycles. The maximum atomic E-state index is 13.5. The monoisotopic (exact) mass is 489 g/mol. The maximum Gasteiger partial charge on any atom is 0.409 e. The summed E-state index contributed by atoms with van der Waals surface area (Å²) in [7, 11) is -4.10. The Labute approximate surface area is 195 Å². The number of hydrogen-bond acceptors (Lipinski definition) is 8. The minimum atomic E-state index is -4.10. The van der Waals surface area contributed by atoms with Crippen LogP contribution in [0.5, 0.6) is 0 Å². The van der Waals surface area contributed by atoms with E-state index in [1.54, 1.807) is 54.3 Å². The molecule has 1 aliphatic rings. The van der Waals surface area contributed by atoms with Crippen molar-refractivity contribution in [1.82, 2.24) is 23.3 Å². The number of nitrogens with zero attached hydrogens (tertiary/aromatic N) is 4. The van der Waals surface area contributed by atoms with Gasteiger partial charge in [-0.05, 0) is 24.6 Å². The molecule has 10 nitrogen and oxygen atoms in total. The molecule has 1 atom stereocenters. The van der Waals surface area contributed by atoms with Crippen LogP contribution in [0.25, 0.3) is 11.0 Å². The molecule has 0 saturated carbocycles. The van der Waals surface area contributed by atoms with E-state index in [9.17, 15) is 18.0 Å². The van der Waals surface area contributed by atoms with E-state index in [2.05, 4.69) is 13.5 Å². The Bertz CT molecular complexity index is 1240. The molecule has 4 rings (SSSR count). The maximum absolute atomic E-state index is 13.5. The van der Waals surface area contributed by atoms with Gasteiger partial charge in [-0.1, -0.05) is 36.4 Å². The number of carbonyl (C=O) groups is 2. The van der Waals surface area contributed by atoms with E-state index in [0.717, 1.165) is 11.7 Å². The number of ether oxygens (including phenoxy) is 1. The summed E-state index contributed by atoms with van der Waals surface area (Å²) < 4.78 is 42.4. The van der Waals surface area contributed by atoms with E-state index in [0.29, 0.717) is 24.2 Å². The average molecular weight is 490 g/mol. The molecule has 0 spiro atoms. The van der Waals surface area contributed by atoms with Gasteiger partial charge in [-0.15, -0.1) is 0 Å². The molecule has 3 aromatic rings. The highest BCUT2D eigenvalue weighted by Gasteiger charge is 2.34. The molecule has 2 amide bonds. The third-order valence-corrected chi connectivity index (χ3v) is 7.31. The minimum Gasteiger partial charge on any atom is -0.450 e. The number of amides is 2. The molecule has 174 valence electrons. The first-order valence-corrected chi connectivity index (χ1v) is 12.6. The highest BCUT2D eigenvalue weighted by molar-refractivity contribution is 7.89. The largest absolute Gasteiger partial charge is 0.450 e. The van der Waals surface area contributed by atoms with Gasteiger partial charge in [-0.2, -0.15) is 13.5 Å². The number of piperazine rings is 1. The van der Waals surface area contributed by atoms with Crippen LogP contribution in [0.15, 0.2) is 53.4 Å². The molecule has 33 heavy (non-hydrogen) atoms. The highest BCUT2D eigenvalue weighted by atomic mass is 32.2. The quantitative estimate of drug-likeness (QED) is 0.562. The second-order valence-corrected chi connectivity index (χ2v) is 9.58. The fourth-order valence-electron chi connectivity index (χ4n) is 3.63. The highest BCUT2D eigenvalue weighted by Crippen LogP contribution is 2.25. The summed E-state index contributed by atoms with van der Waals surface area (Å²) in [6.07, 6.45) is -0.421. The van der Waals surface area contributed by atoms with Crippen LogP contribution in [0.3, 0.4) is 0 Å². The average Bonchev–Trinajstić information content (AvgIpc) is 3.32. The molecule has 0 unspecified atom stereocenters. The van der Waals surface area contributed by atoms with Crippen molar-refractivity contribution < 1.29 is 22.7 Å². The number of fused-ring (bicyclic) bond motifs is 1.